The van der Waals surface area contributed by atoms with Gasteiger partial charge in [0.1, 0.15) is 17.6 Å². The third-order valence-electron chi connectivity index (χ3n) is 11.3. The second-order valence-corrected chi connectivity index (χ2v) is 16.1. The van der Waals surface area contributed by atoms with Gasteiger partial charge in [-0.05, 0) is 136 Å². The fourth-order valence-corrected chi connectivity index (χ4v) is 10.1. The van der Waals surface area contributed by atoms with Crippen LogP contribution < -0.4 is 14.8 Å². The minimum Gasteiger partial charge on any atom is -0.496 e. The highest BCUT2D eigenvalue weighted by molar-refractivity contribution is 7.99. The molecule has 3 aromatic rings. The normalized spacial score (nSPS) is 28.7. The first-order chi connectivity index (χ1) is 23.1. The summed E-state index contributed by atoms with van der Waals surface area (Å²) >= 11 is 1.87. The SMILES string of the molecule is COc1cccc(OC)c1-c1cc(C(=O)NC2(C3OC3O)C3CC4CC(C3)CC2C4)nn1-c1ccc(SCCCN(C)C)cc1C(C)C. The zero-order valence-corrected chi connectivity index (χ0v) is 29.9. The molecule has 48 heavy (non-hydrogen) atoms. The standard InChI is InChI=1S/C38H50N4O5S/c1-22(2)28-20-27(48-14-8-13-41(3)4)11-12-30(28)42-31(34-32(45-5)9-7-10-33(34)46-6)21-29(40-42)36(43)39-38(35-37(44)47-35)25-16-23-15-24(18-25)19-26(38)17-23/h7,9-12,20-26,35,37,44H,8,13-19H2,1-6H3,(H,39,43). The lowest BCUT2D eigenvalue weighted by Gasteiger charge is -2.60. The number of hydrogen-bond donors (Lipinski definition) is 2. The zero-order valence-electron chi connectivity index (χ0n) is 29.1. The summed E-state index contributed by atoms with van der Waals surface area (Å²) in [6, 6.07) is 14.1. The Morgan fingerprint density at radius 2 is 1.71 bits per heavy atom. The van der Waals surface area contributed by atoms with Crippen molar-refractivity contribution in [2.24, 2.45) is 23.7 Å². The molecule has 1 amide bonds. The maximum absolute atomic E-state index is 14.5. The number of benzene rings is 2. The Bertz CT molecular complexity index is 1600. The maximum Gasteiger partial charge on any atom is 0.272 e. The molecule has 2 atom stereocenters. The molecule has 4 aliphatic carbocycles. The average Bonchev–Trinajstić information content (AvgIpc) is 3.64. The molecule has 1 saturated heterocycles. The van der Waals surface area contributed by atoms with E-state index in [1.165, 1.54) is 11.3 Å². The van der Waals surface area contributed by atoms with E-state index < -0.39 is 11.8 Å². The van der Waals surface area contributed by atoms with E-state index in [1.807, 2.05) is 40.7 Å². The molecule has 1 aromatic heterocycles. The molecule has 5 fully saturated rings. The van der Waals surface area contributed by atoms with Gasteiger partial charge in [0.05, 0.1) is 36.7 Å². The van der Waals surface area contributed by atoms with Gasteiger partial charge in [-0.3, -0.25) is 4.79 Å². The minimum atomic E-state index is -0.832. The predicted octanol–water partition coefficient (Wildman–Crippen LogP) is 6.37. The topological polar surface area (TPSA) is 101 Å². The highest BCUT2D eigenvalue weighted by atomic mass is 32.2. The number of amides is 1. The number of aliphatic hydroxyl groups is 1. The summed E-state index contributed by atoms with van der Waals surface area (Å²) in [5, 5.41) is 19.2. The van der Waals surface area contributed by atoms with Gasteiger partial charge in [-0.1, -0.05) is 19.9 Å². The van der Waals surface area contributed by atoms with Crippen molar-refractivity contribution in [1.29, 1.82) is 0 Å². The molecule has 5 aliphatic rings. The van der Waals surface area contributed by atoms with E-state index in [0.29, 0.717) is 46.6 Å². The molecule has 2 unspecified atom stereocenters. The van der Waals surface area contributed by atoms with E-state index in [4.69, 9.17) is 19.3 Å². The van der Waals surface area contributed by atoms with Gasteiger partial charge in [0.2, 0.25) is 0 Å². The molecule has 10 heteroatoms. The van der Waals surface area contributed by atoms with Crippen molar-refractivity contribution >= 4 is 17.7 Å². The zero-order chi connectivity index (χ0) is 33.7. The molecule has 0 radical (unpaired) electrons. The van der Waals surface area contributed by atoms with Crippen LogP contribution in [0.25, 0.3) is 16.9 Å². The lowest BCUT2D eigenvalue weighted by molar-refractivity contribution is -0.0810. The Morgan fingerprint density at radius 1 is 1.06 bits per heavy atom. The van der Waals surface area contributed by atoms with Crippen molar-refractivity contribution in [1.82, 2.24) is 20.0 Å². The van der Waals surface area contributed by atoms with Crippen LogP contribution in [0.4, 0.5) is 0 Å². The van der Waals surface area contributed by atoms with Crippen molar-refractivity contribution in [2.45, 2.75) is 81.1 Å². The minimum absolute atomic E-state index is 0.209. The smallest absolute Gasteiger partial charge is 0.272 e. The summed E-state index contributed by atoms with van der Waals surface area (Å²) < 4.78 is 19.4. The largest absolute Gasteiger partial charge is 0.496 e. The molecule has 1 aliphatic heterocycles. The summed E-state index contributed by atoms with van der Waals surface area (Å²) in [7, 11) is 7.50. The third-order valence-corrected chi connectivity index (χ3v) is 12.3. The molecule has 2 N–H and O–H groups in total. The summed E-state index contributed by atoms with van der Waals surface area (Å²) in [4.78, 5) is 17.9. The number of hydrogen-bond acceptors (Lipinski definition) is 8. The first kappa shape index (κ1) is 33.4. The van der Waals surface area contributed by atoms with Gasteiger partial charge in [0.25, 0.3) is 5.91 Å². The van der Waals surface area contributed by atoms with E-state index in [9.17, 15) is 9.90 Å². The Balaban J connectivity index is 1.29. The Hall–Kier alpha value is -3.05. The van der Waals surface area contributed by atoms with Crippen LogP contribution in [0.2, 0.25) is 0 Å². The van der Waals surface area contributed by atoms with Crippen molar-refractivity contribution in [3.8, 4) is 28.4 Å². The summed E-state index contributed by atoms with van der Waals surface area (Å²) in [6.07, 6.45) is 5.52. The quantitative estimate of drug-likeness (QED) is 0.123. The van der Waals surface area contributed by atoms with Crippen LogP contribution in [-0.4, -0.2) is 84.2 Å². The van der Waals surface area contributed by atoms with Crippen LogP contribution in [0.1, 0.15) is 74.3 Å². The van der Waals surface area contributed by atoms with Gasteiger partial charge < -0.3 is 29.5 Å². The predicted molar refractivity (Wildman–Crippen MR) is 188 cm³/mol. The molecule has 8 rings (SSSR count). The van der Waals surface area contributed by atoms with E-state index in [-0.39, 0.29) is 17.9 Å². The molecule has 2 heterocycles. The number of aromatic nitrogens is 2. The number of nitrogens with one attached hydrogen (secondary N) is 1. The van der Waals surface area contributed by atoms with Gasteiger partial charge in [-0.25, -0.2) is 4.68 Å². The van der Waals surface area contributed by atoms with E-state index in [0.717, 1.165) is 61.2 Å². The fourth-order valence-electron chi connectivity index (χ4n) is 9.22. The van der Waals surface area contributed by atoms with Crippen LogP contribution in [-0.2, 0) is 4.74 Å². The van der Waals surface area contributed by atoms with Gasteiger partial charge >= 0.3 is 0 Å². The monoisotopic (exact) mass is 674 g/mol. The Kier molecular flexibility index (Phi) is 9.30. The molecular formula is C38H50N4O5S. The van der Waals surface area contributed by atoms with Crippen LogP contribution in [0.5, 0.6) is 11.5 Å². The van der Waals surface area contributed by atoms with Gasteiger partial charge in [-0.2, -0.15) is 5.10 Å². The number of ether oxygens (including phenoxy) is 3. The fraction of sp³-hybridized carbons (Fsp3) is 0.579. The second-order valence-electron chi connectivity index (χ2n) is 14.9. The molecule has 0 spiro atoms. The van der Waals surface area contributed by atoms with E-state index >= 15 is 0 Å². The summed E-state index contributed by atoms with van der Waals surface area (Å²) in [5.74, 6) is 4.29. The average molecular weight is 675 g/mol. The van der Waals surface area contributed by atoms with Crippen molar-refractivity contribution in [3.05, 3.63) is 53.7 Å². The maximum atomic E-state index is 14.5. The van der Waals surface area contributed by atoms with Crippen molar-refractivity contribution < 1.29 is 24.1 Å². The lowest BCUT2D eigenvalue weighted by atomic mass is 9.47. The molecule has 4 saturated carbocycles. The Labute approximate surface area is 288 Å². The first-order valence-corrected chi connectivity index (χ1v) is 18.5. The van der Waals surface area contributed by atoms with Gasteiger partial charge in [0, 0.05) is 4.90 Å². The third kappa shape index (κ3) is 6.03. The van der Waals surface area contributed by atoms with Crippen LogP contribution in [0, 0.1) is 23.7 Å². The number of carbonyl (C=O) groups excluding carboxylic acids is 1. The highest BCUT2D eigenvalue weighted by Gasteiger charge is 2.67. The van der Waals surface area contributed by atoms with Gasteiger partial charge in [0.15, 0.2) is 12.0 Å². The number of rotatable bonds is 13. The molecule has 258 valence electrons. The Morgan fingerprint density at radius 3 is 2.27 bits per heavy atom. The summed E-state index contributed by atoms with van der Waals surface area (Å²) in [6.45, 7) is 5.44. The second kappa shape index (κ2) is 13.3. The van der Waals surface area contributed by atoms with Gasteiger partial charge in [-0.15, -0.1) is 11.8 Å². The number of aliphatic hydroxyl groups excluding tert-OH is 1. The molecule has 2 aromatic carbocycles. The number of carbonyl (C=O) groups is 1. The van der Waals surface area contributed by atoms with Crippen molar-refractivity contribution in [2.75, 3.05) is 40.6 Å². The number of methoxy groups -OCH3 is 2. The molecule has 9 nitrogen and oxygen atoms in total. The number of thioether (sulfide) groups is 1. The molecule has 4 bridgehead atoms. The van der Waals surface area contributed by atoms with Crippen LogP contribution in [0.3, 0.4) is 0 Å². The first-order valence-electron chi connectivity index (χ1n) is 17.5. The lowest BCUT2D eigenvalue weighted by Crippen LogP contribution is -2.69. The van der Waals surface area contributed by atoms with E-state index in [2.05, 4.69) is 56.4 Å². The molecular weight excluding hydrogens is 625 g/mol. The number of epoxide rings is 1. The van der Waals surface area contributed by atoms with E-state index in [1.54, 1.807) is 14.2 Å². The van der Waals surface area contributed by atoms with Crippen LogP contribution >= 0.6 is 11.8 Å². The summed E-state index contributed by atoms with van der Waals surface area (Å²) in [5.41, 5.74) is 3.24. The number of nitrogens with zero attached hydrogens (tertiary/aromatic N) is 3. The van der Waals surface area contributed by atoms with Crippen molar-refractivity contribution in [3.63, 3.8) is 0 Å². The highest BCUT2D eigenvalue weighted by Crippen LogP contribution is 2.62. The van der Waals surface area contributed by atoms with Crippen LogP contribution in [0.15, 0.2) is 47.4 Å².